The molecule has 0 aliphatic carbocycles. The van der Waals surface area contributed by atoms with Gasteiger partial charge in [0, 0.05) is 29.3 Å². The number of aliphatic hydroxyl groups is 1. The summed E-state index contributed by atoms with van der Waals surface area (Å²) < 4.78 is 7.74. The maximum atomic E-state index is 9.60. The fraction of sp³-hybridized carbons (Fsp3) is 0.467. The lowest BCUT2D eigenvalue weighted by atomic mass is 9.97. The van der Waals surface area contributed by atoms with Gasteiger partial charge in [-0.25, -0.2) is 0 Å². The monoisotopic (exact) mass is 247 g/mol. The predicted molar refractivity (Wildman–Crippen MR) is 74.2 cm³/mol. The normalized spacial score (nSPS) is 11.2. The highest BCUT2D eigenvalue weighted by atomic mass is 16.5. The van der Waals surface area contributed by atoms with Crippen molar-refractivity contribution >= 4 is 10.9 Å². The molecule has 1 aromatic carbocycles. The lowest BCUT2D eigenvalue weighted by molar-refractivity contribution is 0.272. The number of nitrogens with zero attached hydrogens (tertiary/aromatic N) is 1. The van der Waals surface area contributed by atoms with Crippen molar-refractivity contribution < 1.29 is 9.84 Å². The van der Waals surface area contributed by atoms with Gasteiger partial charge < -0.3 is 14.4 Å². The number of aromatic nitrogens is 1. The minimum atomic E-state index is 0.0197. The molecule has 0 bridgehead atoms. The van der Waals surface area contributed by atoms with Crippen LogP contribution < -0.4 is 4.74 Å². The summed E-state index contributed by atoms with van der Waals surface area (Å²) in [5.74, 6) is 0.839. The molecule has 0 radical (unpaired) electrons. The Hall–Kier alpha value is -1.48. The van der Waals surface area contributed by atoms with Gasteiger partial charge in [-0.3, -0.25) is 0 Å². The first-order valence-corrected chi connectivity index (χ1v) is 6.31. The van der Waals surface area contributed by atoms with E-state index in [9.17, 15) is 5.11 Å². The van der Waals surface area contributed by atoms with E-state index in [2.05, 4.69) is 38.5 Å². The summed E-state index contributed by atoms with van der Waals surface area (Å²) in [7, 11) is 3.75. The molecule has 1 N–H and O–H groups in total. The standard InChI is InChI=1S/C15H21NO2/c1-6-11-14-12(7-9(2)16(14)4)10(3)13(8-17)15(11)18-5/h7,17H,6,8H2,1-5H3. The van der Waals surface area contributed by atoms with Crippen molar-refractivity contribution in [1.82, 2.24) is 4.57 Å². The van der Waals surface area contributed by atoms with Crippen LogP contribution in [0.15, 0.2) is 6.07 Å². The third-order valence-corrected chi connectivity index (χ3v) is 3.88. The Morgan fingerprint density at radius 1 is 1.28 bits per heavy atom. The van der Waals surface area contributed by atoms with Crippen LogP contribution >= 0.6 is 0 Å². The summed E-state index contributed by atoms with van der Waals surface area (Å²) in [5, 5.41) is 10.8. The number of fused-ring (bicyclic) bond motifs is 1. The Bertz CT molecular complexity index is 597. The number of benzene rings is 1. The van der Waals surface area contributed by atoms with Crippen molar-refractivity contribution in [3.05, 3.63) is 28.5 Å². The molecule has 2 rings (SSSR count). The summed E-state index contributed by atoms with van der Waals surface area (Å²) in [5.41, 5.74) is 5.65. The van der Waals surface area contributed by atoms with Crippen molar-refractivity contribution in [3.8, 4) is 5.75 Å². The molecule has 0 saturated heterocycles. The molecule has 2 aromatic rings. The fourth-order valence-corrected chi connectivity index (χ4v) is 2.77. The number of methoxy groups -OCH3 is 1. The molecule has 3 heteroatoms. The van der Waals surface area contributed by atoms with Gasteiger partial charge in [0.15, 0.2) is 0 Å². The molecule has 1 heterocycles. The lowest BCUT2D eigenvalue weighted by Crippen LogP contribution is -2.03. The Morgan fingerprint density at radius 2 is 1.94 bits per heavy atom. The van der Waals surface area contributed by atoms with Crippen molar-refractivity contribution in [1.29, 1.82) is 0 Å². The Balaban J connectivity index is 3.00. The van der Waals surface area contributed by atoms with Gasteiger partial charge in [-0.1, -0.05) is 6.92 Å². The maximum Gasteiger partial charge on any atom is 0.129 e. The van der Waals surface area contributed by atoms with Crippen molar-refractivity contribution in [2.45, 2.75) is 33.8 Å². The second kappa shape index (κ2) is 4.65. The molecular formula is C15H21NO2. The lowest BCUT2D eigenvalue weighted by Gasteiger charge is -2.17. The second-order valence-electron chi connectivity index (χ2n) is 4.73. The smallest absolute Gasteiger partial charge is 0.129 e. The summed E-state index contributed by atoms with van der Waals surface area (Å²) in [6, 6.07) is 2.18. The molecule has 0 saturated carbocycles. The van der Waals surface area contributed by atoms with Gasteiger partial charge >= 0.3 is 0 Å². The van der Waals surface area contributed by atoms with E-state index in [0.717, 1.165) is 23.3 Å². The van der Waals surface area contributed by atoms with Crippen LogP contribution in [0.5, 0.6) is 5.75 Å². The molecule has 0 atom stereocenters. The molecule has 0 spiro atoms. The molecule has 0 amide bonds. The molecule has 0 aliphatic heterocycles. The third kappa shape index (κ3) is 1.62. The predicted octanol–water partition coefficient (Wildman–Crippen LogP) is 2.86. The van der Waals surface area contributed by atoms with Gasteiger partial charge in [0.25, 0.3) is 0 Å². The Morgan fingerprint density at radius 3 is 2.44 bits per heavy atom. The van der Waals surface area contributed by atoms with Crippen LogP contribution in [0.4, 0.5) is 0 Å². The first kappa shape index (κ1) is 13.0. The Kier molecular flexibility index (Phi) is 3.35. The van der Waals surface area contributed by atoms with Gasteiger partial charge in [0.05, 0.1) is 19.2 Å². The van der Waals surface area contributed by atoms with Gasteiger partial charge in [-0.05, 0) is 31.9 Å². The first-order valence-electron chi connectivity index (χ1n) is 6.31. The maximum absolute atomic E-state index is 9.60. The van der Waals surface area contributed by atoms with Gasteiger partial charge in [0.1, 0.15) is 5.75 Å². The van der Waals surface area contributed by atoms with E-state index in [1.165, 1.54) is 22.2 Å². The average molecular weight is 247 g/mol. The van der Waals surface area contributed by atoms with E-state index in [0.29, 0.717) is 0 Å². The summed E-state index contributed by atoms with van der Waals surface area (Å²) >= 11 is 0. The SMILES string of the molecule is CCc1c(OC)c(CO)c(C)c2cc(C)n(C)c12. The van der Waals surface area contributed by atoms with Crippen LogP contribution in [0, 0.1) is 13.8 Å². The van der Waals surface area contributed by atoms with Gasteiger partial charge in [0.2, 0.25) is 0 Å². The second-order valence-corrected chi connectivity index (χ2v) is 4.73. The summed E-state index contributed by atoms with van der Waals surface area (Å²) in [6.07, 6.45) is 0.893. The van der Waals surface area contributed by atoms with E-state index in [1.54, 1.807) is 7.11 Å². The van der Waals surface area contributed by atoms with Crippen LogP contribution in [-0.4, -0.2) is 16.8 Å². The quantitative estimate of drug-likeness (QED) is 0.905. The highest BCUT2D eigenvalue weighted by Gasteiger charge is 2.19. The minimum absolute atomic E-state index is 0.0197. The van der Waals surface area contributed by atoms with E-state index >= 15 is 0 Å². The number of aliphatic hydroxyl groups excluding tert-OH is 1. The van der Waals surface area contributed by atoms with Crippen molar-refractivity contribution in [2.75, 3.05) is 7.11 Å². The molecule has 0 aliphatic rings. The van der Waals surface area contributed by atoms with Crippen LogP contribution in [-0.2, 0) is 20.1 Å². The molecular weight excluding hydrogens is 226 g/mol. The molecule has 18 heavy (non-hydrogen) atoms. The van der Waals surface area contributed by atoms with Crippen molar-refractivity contribution in [3.63, 3.8) is 0 Å². The molecule has 98 valence electrons. The average Bonchev–Trinajstić information content (AvgIpc) is 2.66. The number of hydrogen-bond acceptors (Lipinski definition) is 2. The molecule has 0 fully saturated rings. The largest absolute Gasteiger partial charge is 0.496 e. The van der Waals surface area contributed by atoms with Crippen LogP contribution in [0.3, 0.4) is 0 Å². The van der Waals surface area contributed by atoms with Crippen LogP contribution in [0.1, 0.15) is 29.3 Å². The minimum Gasteiger partial charge on any atom is -0.496 e. The summed E-state index contributed by atoms with van der Waals surface area (Å²) in [4.78, 5) is 0. The van der Waals surface area contributed by atoms with Crippen LogP contribution in [0.25, 0.3) is 10.9 Å². The number of ether oxygens (including phenoxy) is 1. The molecule has 1 aromatic heterocycles. The van der Waals surface area contributed by atoms with E-state index in [1.807, 2.05) is 0 Å². The zero-order chi connectivity index (χ0) is 13.4. The highest BCUT2D eigenvalue weighted by molar-refractivity contribution is 5.91. The molecule has 3 nitrogen and oxygen atoms in total. The number of aryl methyl sites for hydroxylation is 4. The zero-order valence-electron chi connectivity index (χ0n) is 11.8. The zero-order valence-corrected chi connectivity index (χ0v) is 11.8. The first-order chi connectivity index (χ1) is 8.56. The van der Waals surface area contributed by atoms with Crippen molar-refractivity contribution in [2.24, 2.45) is 7.05 Å². The number of rotatable bonds is 3. The fourth-order valence-electron chi connectivity index (χ4n) is 2.77. The van der Waals surface area contributed by atoms with E-state index < -0.39 is 0 Å². The van der Waals surface area contributed by atoms with Crippen LogP contribution in [0.2, 0.25) is 0 Å². The van der Waals surface area contributed by atoms with Gasteiger partial charge in [-0.2, -0.15) is 0 Å². The van der Waals surface area contributed by atoms with Gasteiger partial charge in [-0.15, -0.1) is 0 Å². The number of hydrogen-bond donors (Lipinski definition) is 1. The highest BCUT2D eigenvalue weighted by Crippen LogP contribution is 2.37. The third-order valence-electron chi connectivity index (χ3n) is 3.88. The Labute approximate surface area is 108 Å². The summed E-state index contributed by atoms with van der Waals surface area (Å²) in [6.45, 7) is 6.29. The topological polar surface area (TPSA) is 34.4 Å². The molecule has 0 unspecified atom stereocenters. The van der Waals surface area contributed by atoms with E-state index in [-0.39, 0.29) is 6.61 Å². The van der Waals surface area contributed by atoms with E-state index in [4.69, 9.17) is 4.74 Å².